The van der Waals surface area contributed by atoms with Crippen LogP contribution in [-0.4, -0.2) is 78.1 Å². The molecular weight excluding hydrogens is 518 g/mol. The Morgan fingerprint density at radius 1 is 1.23 bits per heavy atom. The Bertz CT molecular complexity index is 1440. The predicted molar refractivity (Wildman–Crippen MR) is 145 cm³/mol. The maximum atomic E-state index is 13.9. The van der Waals surface area contributed by atoms with Gasteiger partial charge in [-0.05, 0) is 55.2 Å². The molecule has 0 saturated heterocycles. The van der Waals surface area contributed by atoms with Crippen LogP contribution in [0, 0.1) is 11.3 Å². The van der Waals surface area contributed by atoms with Crippen LogP contribution in [0.5, 0.6) is 0 Å². The van der Waals surface area contributed by atoms with Crippen LogP contribution < -0.4 is 4.90 Å². The second kappa shape index (κ2) is 12.3. The highest BCUT2D eigenvalue weighted by molar-refractivity contribution is 7.89. The summed E-state index contributed by atoms with van der Waals surface area (Å²) in [5.41, 5.74) is 3.40. The number of sulfonamides is 1. The Morgan fingerprint density at radius 3 is 2.69 bits per heavy atom. The minimum atomic E-state index is -3.93. The van der Waals surface area contributed by atoms with Gasteiger partial charge in [-0.15, -0.1) is 0 Å². The van der Waals surface area contributed by atoms with Gasteiger partial charge in [0.1, 0.15) is 0 Å². The van der Waals surface area contributed by atoms with Gasteiger partial charge in [-0.25, -0.2) is 23.2 Å². The molecule has 0 bridgehead atoms. The molecule has 1 aromatic carbocycles. The Morgan fingerprint density at radius 2 is 2.03 bits per heavy atom. The third-order valence-corrected chi connectivity index (χ3v) is 8.80. The first kappa shape index (κ1) is 28.1. The second-order valence-corrected chi connectivity index (χ2v) is 11.4. The summed E-state index contributed by atoms with van der Waals surface area (Å²) in [5, 5.41) is 9.51. The summed E-state index contributed by atoms with van der Waals surface area (Å²) in [4.78, 5) is 23.7. The van der Waals surface area contributed by atoms with Crippen molar-refractivity contribution >= 4 is 21.8 Å². The van der Waals surface area contributed by atoms with Crippen LogP contribution in [-0.2, 0) is 34.8 Å². The fraction of sp³-hybridized carbons (Fsp3) is 0.407. The van der Waals surface area contributed by atoms with Gasteiger partial charge in [0.2, 0.25) is 0 Å². The van der Waals surface area contributed by atoms with Crippen LogP contribution >= 0.6 is 0 Å². The number of aryl methyl sites for hydroxylation is 1. The highest BCUT2D eigenvalue weighted by Crippen LogP contribution is 2.33. The topological polar surface area (TPSA) is 125 Å². The van der Waals surface area contributed by atoms with Gasteiger partial charge in [0, 0.05) is 57.9 Å². The summed E-state index contributed by atoms with van der Waals surface area (Å²) in [5.74, 6) is 0. The second-order valence-electron chi connectivity index (χ2n) is 9.57. The fourth-order valence-corrected chi connectivity index (χ4v) is 6.44. The van der Waals surface area contributed by atoms with E-state index in [4.69, 9.17) is 4.74 Å². The van der Waals surface area contributed by atoms with Crippen LogP contribution in [0.4, 0.5) is 10.5 Å². The first-order valence-corrected chi connectivity index (χ1v) is 14.1. The van der Waals surface area contributed by atoms with Gasteiger partial charge in [-0.3, -0.25) is 0 Å². The number of fused-ring (bicyclic) bond motifs is 1. The van der Waals surface area contributed by atoms with Gasteiger partial charge in [0.25, 0.3) is 10.0 Å². The van der Waals surface area contributed by atoms with E-state index in [2.05, 4.69) is 20.9 Å². The molecule has 1 amide bonds. The number of carbonyl (C=O) groups is 1. The fourth-order valence-electron chi connectivity index (χ4n) is 4.86. The molecule has 0 aliphatic carbocycles. The van der Waals surface area contributed by atoms with Crippen molar-refractivity contribution < 1.29 is 17.9 Å². The number of rotatable bonds is 10. The van der Waals surface area contributed by atoms with Crippen molar-refractivity contribution in [1.82, 2.24) is 23.7 Å². The highest BCUT2D eigenvalue weighted by atomic mass is 32.2. The highest BCUT2D eigenvalue weighted by Gasteiger charge is 2.36. The zero-order valence-corrected chi connectivity index (χ0v) is 23.2. The van der Waals surface area contributed by atoms with Gasteiger partial charge in [0.05, 0.1) is 37.3 Å². The maximum Gasteiger partial charge on any atom is 0.409 e. The molecule has 0 fully saturated rings. The van der Waals surface area contributed by atoms with Crippen LogP contribution in [0.25, 0.3) is 0 Å². The summed E-state index contributed by atoms with van der Waals surface area (Å²) in [6.07, 6.45) is 6.17. The lowest BCUT2D eigenvalue weighted by molar-refractivity contribution is 0.132. The number of nitriles is 1. The third-order valence-electron chi connectivity index (χ3n) is 6.93. The van der Waals surface area contributed by atoms with Crippen molar-refractivity contribution in [2.75, 3.05) is 38.7 Å². The van der Waals surface area contributed by atoms with Crippen molar-refractivity contribution in [2.45, 2.75) is 36.9 Å². The Labute approximate surface area is 229 Å². The molecule has 1 unspecified atom stereocenters. The van der Waals surface area contributed by atoms with Crippen LogP contribution in [0.3, 0.4) is 0 Å². The zero-order valence-electron chi connectivity index (χ0n) is 22.4. The maximum absolute atomic E-state index is 13.9. The van der Waals surface area contributed by atoms with Crippen molar-refractivity contribution in [3.05, 3.63) is 71.9 Å². The number of carbonyl (C=O) groups excluding carboxylic acids is 1. The standard InChI is InChI=1S/C27H33N7O4S/c1-31(27(35)38-3)12-6-7-13-34(39(36,37)26-8-4-5-11-30-26)23-15-22-14-21(16-28)9-10-25(22)33(18-23)19-24-17-29-20-32(24)2/h4-5,8-11,14,17,20,23H,6-7,12-13,15,18-19H2,1-3H3. The number of amides is 1. The minimum absolute atomic E-state index is 0.00793. The monoisotopic (exact) mass is 551 g/mol. The number of anilines is 1. The molecule has 3 aromatic rings. The number of hydrogen-bond donors (Lipinski definition) is 0. The van der Waals surface area contributed by atoms with Gasteiger partial charge in [0.15, 0.2) is 5.03 Å². The lowest BCUT2D eigenvalue weighted by Crippen LogP contribution is -2.51. The number of unbranched alkanes of at least 4 members (excludes halogenated alkanes) is 1. The normalized spacial score (nSPS) is 15.1. The smallest absolute Gasteiger partial charge is 0.409 e. The van der Waals surface area contributed by atoms with Crippen LogP contribution in [0.2, 0.25) is 0 Å². The van der Waals surface area contributed by atoms with Crippen LogP contribution in [0.1, 0.15) is 29.7 Å². The summed E-state index contributed by atoms with van der Waals surface area (Å²) < 4.78 is 36.1. The first-order chi connectivity index (χ1) is 18.7. The number of imidazole rings is 1. The number of aromatic nitrogens is 3. The number of hydrogen-bond acceptors (Lipinski definition) is 8. The lowest BCUT2D eigenvalue weighted by atomic mass is 9.95. The van der Waals surface area contributed by atoms with Gasteiger partial charge in [-0.1, -0.05) is 6.07 Å². The largest absolute Gasteiger partial charge is 0.453 e. The molecule has 0 radical (unpaired) electrons. The molecule has 1 aliphatic rings. The van der Waals surface area contributed by atoms with Gasteiger partial charge >= 0.3 is 6.09 Å². The molecule has 206 valence electrons. The summed E-state index contributed by atoms with van der Waals surface area (Å²) in [7, 11) is 0.974. The van der Waals surface area contributed by atoms with E-state index in [1.165, 1.54) is 28.6 Å². The molecule has 4 rings (SSSR count). The van der Waals surface area contributed by atoms with E-state index in [-0.39, 0.29) is 11.6 Å². The average molecular weight is 552 g/mol. The molecule has 1 atom stereocenters. The number of methoxy groups -OCH3 is 1. The predicted octanol–water partition coefficient (Wildman–Crippen LogP) is 2.79. The Balaban J connectivity index is 1.65. The van der Waals surface area contributed by atoms with E-state index in [9.17, 15) is 18.5 Å². The Kier molecular flexibility index (Phi) is 8.83. The van der Waals surface area contributed by atoms with E-state index in [1.807, 2.05) is 23.7 Å². The van der Waals surface area contributed by atoms with Gasteiger partial charge in [-0.2, -0.15) is 9.57 Å². The van der Waals surface area contributed by atoms with Crippen molar-refractivity contribution in [1.29, 1.82) is 5.26 Å². The first-order valence-electron chi connectivity index (χ1n) is 12.7. The molecule has 0 saturated carbocycles. The molecule has 2 aromatic heterocycles. The summed E-state index contributed by atoms with van der Waals surface area (Å²) in [6.45, 7) is 1.69. The molecule has 12 heteroatoms. The number of nitrogens with zero attached hydrogens (tertiary/aromatic N) is 7. The molecule has 11 nitrogen and oxygen atoms in total. The van der Waals surface area contributed by atoms with Crippen molar-refractivity contribution in [2.24, 2.45) is 7.05 Å². The number of benzene rings is 1. The molecule has 3 heterocycles. The Hall–Kier alpha value is -3.95. The SMILES string of the molecule is COC(=O)N(C)CCCCN(C1Cc2cc(C#N)ccc2N(Cc2cncn2C)C1)S(=O)(=O)c1ccccn1. The summed E-state index contributed by atoms with van der Waals surface area (Å²) in [6, 6.07) is 12.2. The lowest BCUT2D eigenvalue weighted by Gasteiger charge is -2.40. The van der Waals surface area contributed by atoms with E-state index < -0.39 is 22.2 Å². The molecular formula is C27H33N7O4S. The zero-order chi connectivity index (χ0) is 28.0. The third kappa shape index (κ3) is 6.38. The van der Waals surface area contributed by atoms with E-state index >= 15 is 0 Å². The average Bonchev–Trinajstić information content (AvgIpc) is 3.36. The van der Waals surface area contributed by atoms with E-state index in [1.54, 1.807) is 37.8 Å². The molecule has 39 heavy (non-hydrogen) atoms. The number of ether oxygens (including phenoxy) is 1. The van der Waals surface area contributed by atoms with Crippen LogP contribution in [0.15, 0.2) is 60.1 Å². The molecule has 1 aliphatic heterocycles. The van der Waals surface area contributed by atoms with E-state index in [0.717, 1.165) is 16.9 Å². The van der Waals surface area contributed by atoms with Crippen molar-refractivity contribution in [3.8, 4) is 6.07 Å². The molecule has 0 N–H and O–H groups in total. The van der Waals surface area contributed by atoms with E-state index in [0.29, 0.717) is 44.5 Å². The van der Waals surface area contributed by atoms with Gasteiger partial charge < -0.3 is 19.1 Å². The molecule has 0 spiro atoms. The number of pyridine rings is 1. The summed E-state index contributed by atoms with van der Waals surface area (Å²) >= 11 is 0. The minimum Gasteiger partial charge on any atom is -0.453 e. The van der Waals surface area contributed by atoms with Crippen molar-refractivity contribution in [3.63, 3.8) is 0 Å². The quantitative estimate of drug-likeness (QED) is 0.352.